The van der Waals surface area contributed by atoms with Crippen molar-refractivity contribution in [3.05, 3.63) is 33.9 Å². The molecule has 4 N–H and O–H groups in total. The average Bonchev–Trinajstić information content (AvgIpc) is 3.00. The molecule has 0 aliphatic carbocycles. The maximum atomic E-state index is 12.3. The molecule has 8 nitrogen and oxygen atoms in total. The molecule has 0 saturated carbocycles. The lowest BCUT2D eigenvalue weighted by atomic mass is 10.00. The molecule has 1 fully saturated rings. The van der Waals surface area contributed by atoms with E-state index in [1.165, 1.54) is 18.2 Å². The zero-order valence-electron chi connectivity index (χ0n) is 11.7. The van der Waals surface area contributed by atoms with Gasteiger partial charge in [0.1, 0.15) is 5.56 Å². The van der Waals surface area contributed by atoms with Crippen molar-refractivity contribution in [2.75, 3.05) is 18.6 Å². The molecular weight excluding hydrogens is 276 g/mol. The van der Waals surface area contributed by atoms with Gasteiger partial charge in [-0.2, -0.15) is 0 Å². The highest BCUT2D eigenvalue weighted by Gasteiger charge is 2.26. The van der Waals surface area contributed by atoms with Crippen molar-refractivity contribution in [3.63, 3.8) is 0 Å². The lowest BCUT2D eigenvalue weighted by molar-refractivity contribution is -0.385. The van der Waals surface area contributed by atoms with Crippen LogP contribution >= 0.6 is 0 Å². The maximum Gasteiger partial charge on any atom is 0.282 e. The summed E-state index contributed by atoms with van der Waals surface area (Å²) in [5.41, 5.74) is 2.55. The van der Waals surface area contributed by atoms with Crippen molar-refractivity contribution in [1.29, 1.82) is 0 Å². The Morgan fingerprint density at radius 2 is 2.33 bits per heavy atom. The number of hydrogen-bond acceptors (Lipinski definition) is 6. The van der Waals surface area contributed by atoms with E-state index in [2.05, 4.69) is 10.7 Å². The minimum Gasteiger partial charge on any atom is -0.381 e. The van der Waals surface area contributed by atoms with Crippen LogP contribution in [0.4, 0.5) is 11.4 Å². The number of nitrogens with two attached hydrogens (primary N) is 1. The van der Waals surface area contributed by atoms with Gasteiger partial charge in [0.05, 0.1) is 11.5 Å². The second kappa shape index (κ2) is 6.51. The lowest BCUT2D eigenvalue weighted by Crippen LogP contribution is -2.38. The Morgan fingerprint density at radius 1 is 1.57 bits per heavy atom. The summed E-state index contributed by atoms with van der Waals surface area (Å²) in [7, 11) is 0. The highest BCUT2D eigenvalue weighted by atomic mass is 16.6. The molecule has 1 aliphatic heterocycles. The number of anilines is 1. The van der Waals surface area contributed by atoms with E-state index in [1.54, 1.807) is 0 Å². The summed E-state index contributed by atoms with van der Waals surface area (Å²) in [5, 5.41) is 13.8. The predicted octanol–water partition coefficient (Wildman–Crippen LogP) is 1.04. The van der Waals surface area contributed by atoms with Gasteiger partial charge in [0.25, 0.3) is 11.6 Å². The van der Waals surface area contributed by atoms with Crippen LogP contribution < -0.4 is 16.6 Å². The van der Waals surface area contributed by atoms with Crippen LogP contribution in [-0.2, 0) is 4.74 Å². The van der Waals surface area contributed by atoms with Crippen LogP contribution in [0.5, 0.6) is 0 Å². The Bertz CT molecular complexity index is 543. The molecule has 8 heteroatoms. The van der Waals surface area contributed by atoms with E-state index < -0.39 is 10.8 Å². The number of nitro groups is 1. The predicted molar refractivity (Wildman–Crippen MR) is 76.8 cm³/mol. The summed E-state index contributed by atoms with van der Waals surface area (Å²) in [6, 6.07) is 3.95. The van der Waals surface area contributed by atoms with Crippen molar-refractivity contribution in [2.45, 2.75) is 19.4 Å². The molecule has 1 saturated heterocycles. The number of nitrogens with zero attached hydrogens (tertiary/aromatic N) is 1. The number of ether oxygens (including phenoxy) is 1. The van der Waals surface area contributed by atoms with Crippen LogP contribution in [0.1, 0.15) is 23.7 Å². The highest BCUT2D eigenvalue weighted by molar-refractivity contribution is 5.99. The Hall–Kier alpha value is -2.19. The van der Waals surface area contributed by atoms with Crippen LogP contribution in [0.25, 0.3) is 0 Å². The number of nitro benzene ring substituents is 1. The van der Waals surface area contributed by atoms with Gasteiger partial charge in [-0.15, -0.1) is 0 Å². The number of carbonyl (C=O) groups is 1. The first-order chi connectivity index (χ1) is 10.0. The molecule has 1 heterocycles. The number of nitrogens with one attached hydrogen (secondary N) is 2. The summed E-state index contributed by atoms with van der Waals surface area (Å²) < 4.78 is 5.28. The van der Waals surface area contributed by atoms with Crippen molar-refractivity contribution >= 4 is 17.3 Å². The Kier molecular flexibility index (Phi) is 4.71. The zero-order valence-corrected chi connectivity index (χ0v) is 11.7. The minimum atomic E-state index is -0.585. The fourth-order valence-corrected chi connectivity index (χ4v) is 2.32. The van der Waals surface area contributed by atoms with Crippen LogP contribution in [0.3, 0.4) is 0 Å². The summed E-state index contributed by atoms with van der Waals surface area (Å²) in [4.78, 5) is 22.7. The Labute approximate surface area is 121 Å². The summed E-state index contributed by atoms with van der Waals surface area (Å²) in [6.45, 7) is 3.14. The van der Waals surface area contributed by atoms with Gasteiger partial charge in [-0.25, -0.2) is 0 Å². The molecule has 1 aliphatic rings. The molecule has 1 aromatic rings. The van der Waals surface area contributed by atoms with Gasteiger partial charge < -0.3 is 15.5 Å². The first-order valence-electron chi connectivity index (χ1n) is 6.66. The zero-order chi connectivity index (χ0) is 15.4. The molecule has 2 unspecified atom stereocenters. The van der Waals surface area contributed by atoms with Crippen LogP contribution in [0.15, 0.2) is 18.2 Å². The number of hydrogen-bond donors (Lipinski definition) is 3. The summed E-state index contributed by atoms with van der Waals surface area (Å²) in [6.07, 6.45) is 0.869. The van der Waals surface area contributed by atoms with E-state index in [4.69, 9.17) is 10.6 Å². The summed E-state index contributed by atoms with van der Waals surface area (Å²) in [5.74, 6) is 5.02. The quantitative estimate of drug-likeness (QED) is 0.424. The molecule has 2 atom stereocenters. The van der Waals surface area contributed by atoms with Gasteiger partial charge in [0.2, 0.25) is 0 Å². The van der Waals surface area contributed by atoms with E-state index in [9.17, 15) is 14.9 Å². The highest BCUT2D eigenvalue weighted by Crippen LogP contribution is 2.23. The van der Waals surface area contributed by atoms with Gasteiger partial charge in [0.15, 0.2) is 0 Å². The SMILES string of the molecule is CC(NC(=O)c1cc(NN)ccc1[N+](=O)[O-])C1CCOC1. The van der Waals surface area contributed by atoms with Gasteiger partial charge in [0, 0.05) is 30.3 Å². The molecule has 114 valence electrons. The number of rotatable bonds is 5. The second-order valence-corrected chi connectivity index (χ2v) is 5.02. The molecule has 0 aromatic heterocycles. The number of nitrogen functional groups attached to an aromatic ring is 1. The molecule has 1 amide bonds. The number of carbonyl (C=O) groups excluding carboxylic acids is 1. The van der Waals surface area contributed by atoms with Gasteiger partial charge in [-0.3, -0.25) is 20.8 Å². The number of hydrazine groups is 1. The molecule has 2 rings (SSSR count). The molecule has 1 aromatic carbocycles. The average molecular weight is 294 g/mol. The number of amides is 1. The molecule has 0 radical (unpaired) electrons. The monoisotopic (exact) mass is 294 g/mol. The third-order valence-electron chi connectivity index (χ3n) is 3.64. The van der Waals surface area contributed by atoms with Crippen LogP contribution in [-0.4, -0.2) is 30.1 Å². The van der Waals surface area contributed by atoms with E-state index >= 15 is 0 Å². The number of benzene rings is 1. The lowest BCUT2D eigenvalue weighted by Gasteiger charge is -2.19. The molecular formula is C13H18N4O4. The largest absolute Gasteiger partial charge is 0.381 e. The van der Waals surface area contributed by atoms with E-state index in [1.807, 2.05) is 6.92 Å². The summed E-state index contributed by atoms with van der Waals surface area (Å²) >= 11 is 0. The van der Waals surface area contributed by atoms with Crippen molar-refractivity contribution < 1.29 is 14.5 Å². The first-order valence-corrected chi connectivity index (χ1v) is 6.66. The third-order valence-corrected chi connectivity index (χ3v) is 3.64. The second-order valence-electron chi connectivity index (χ2n) is 5.02. The first kappa shape index (κ1) is 15.2. The van der Waals surface area contributed by atoms with Crippen molar-refractivity contribution in [2.24, 2.45) is 11.8 Å². The van der Waals surface area contributed by atoms with E-state index in [0.29, 0.717) is 18.9 Å². The fraction of sp³-hybridized carbons (Fsp3) is 0.462. The Morgan fingerprint density at radius 3 is 2.90 bits per heavy atom. The van der Waals surface area contributed by atoms with E-state index in [0.717, 1.165) is 6.42 Å². The molecule has 0 spiro atoms. The van der Waals surface area contributed by atoms with Gasteiger partial charge in [-0.05, 0) is 25.5 Å². The molecule has 21 heavy (non-hydrogen) atoms. The van der Waals surface area contributed by atoms with Crippen molar-refractivity contribution in [3.8, 4) is 0 Å². The normalized spacial score (nSPS) is 19.0. The maximum absolute atomic E-state index is 12.3. The fourth-order valence-electron chi connectivity index (χ4n) is 2.32. The Balaban J connectivity index is 2.18. The topological polar surface area (TPSA) is 120 Å². The minimum absolute atomic E-state index is 0.0128. The standard InChI is InChI=1S/C13H18N4O4/c1-8(9-4-5-21-7-9)15-13(18)11-6-10(16-14)2-3-12(11)17(19)20/h2-3,6,8-9,16H,4-5,7,14H2,1H3,(H,15,18). The van der Waals surface area contributed by atoms with Gasteiger partial charge in [-0.1, -0.05) is 0 Å². The van der Waals surface area contributed by atoms with Crippen LogP contribution in [0, 0.1) is 16.0 Å². The van der Waals surface area contributed by atoms with Crippen LogP contribution in [0.2, 0.25) is 0 Å². The molecule has 0 bridgehead atoms. The van der Waals surface area contributed by atoms with Crippen molar-refractivity contribution in [1.82, 2.24) is 5.32 Å². The third kappa shape index (κ3) is 3.47. The van der Waals surface area contributed by atoms with Gasteiger partial charge >= 0.3 is 0 Å². The van der Waals surface area contributed by atoms with E-state index in [-0.39, 0.29) is 23.2 Å². The smallest absolute Gasteiger partial charge is 0.282 e.